The number of amides is 1. The monoisotopic (exact) mass is 299 g/mol. The van der Waals surface area contributed by atoms with Crippen molar-refractivity contribution in [3.63, 3.8) is 0 Å². The fourth-order valence-corrected chi connectivity index (χ4v) is 2.86. The molecule has 1 aromatic heterocycles. The number of benzene rings is 1. The van der Waals surface area contributed by atoms with E-state index < -0.39 is 0 Å². The highest BCUT2D eigenvalue weighted by atomic mass is 16.2. The van der Waals surface area contributed by atoms with E-state index >= 15 is 0 Å². The molecule has 1 aliphatic rings. The first-order valence-electron chi connectivity index (χ1n) is 7.68. The van der Waals surface area contributed by atoms with Gasteiger partial charge in [-0.05, 0) is 38.4 Å². The molecule has 0 aliphatic carbocycles. The van der Waals surface area contributed by atoms with Gasteiger partial charge in [-0.3, -0.25) is 14.8 Å². The Kier molecular flexibility index (Phi) is 4.20. The Labute approximate surface area is 129 Å². The smallest absolute Gasteiger partial charge is 0.288 e. The Bertz CT molecular complexity index is 643. The summed E-state index contributed by atoms with van der Waals surface area (Å²) in [5.41, 5.74) is 2.21. The molecule has 1 aliphatic heterocycles. The summed E-state index contributed by atoms with van der Waals surface area (Å²) < 4.78 is 0. The number of nitrogens with one attached hydrogen (secondary N) is 2. The largest absolute Gasteiger partial charge is 0.352 e. The van der Waals surface area contributed by atoms with E-state index in [1.807, 2.05) is 12.1 Å². The number of likely N-dealkylation sites (tertiary alicyclic amines) is 1. The van der Waals surface area contributed by atoms with Gasteiger partial charge in [0.1, 0.15) is 0 Å². The Morgan fingerprint density at radius 3 is 2.59 bits per heavy atom. The van der Waals surface area contributed by atoms with Crippen LogP contribution in [0.15, 0.2) is 24.3 Å². The number of H-pyrrole nitrogens is 1. The summed E-state index contributed by atoms with van der Waals surface area (Å²) in [7, 11) is 1.57. The van der Waals surface area contributed by atoms with Gasteiger partial charge in [-0.15, -0.1) is 0 Å². The molecule has 1 saturated heterocycles. The van der Waals surface area contributed by atoms with Crippen LogP contribution in [0.2, 0.25) is 0 Å². The summed E-state index contributed by atoms with van der Waals surface area (Å²) in [6.45, 7) is 4.61. The van der Waals surface area contributed by atoms with E-state index in [0.717, 1.165) is 5.56 Å². The highest BCUT2D eigenvalue weighted by Crippen LogP contribution is 2.26. The van der Waals surface area contributed by atoms with Crippen molar-refractivity contribution in [3.05, 3.63) is 35.7 Å². The van der Waals surface area contributed by atoms with Gasteiger partial charge in [-0.25, -0.2) is 4.98 Å². The van der Waals surface area contributed by atoms with E-state index in [2.05, 4.69) is 44.5 Å². The second kappa shape index (κ2) is 6.27. The van der Waals surface area contributed by atoms with Gasteiger partial charge in [0, 0.05) is 18.7 Å². The molecule has 1 amide bonds. The SMILES string of the molecule is CNC(=O)c1nc(-c2ccc(C(C)N3CCCC3)cc2)n[nH]1. The number of carbonyl (C=O) groups excluding carboxylic acids is 1. The minimum Gasteiger partial charge on any atom is -0.352 e. The van der Waals surface area contributed by atoms with Gasteiger partial charge in [0.05, 0.1) is 0 Å². The molecule has 116 valence electrons. The highest BCUT2D eigenvalue weighted by Gasteiger charge is 2.19. The number of hydrogen-bond acceptors (Lipinski definition) is 4. The lowest BCUT2D eigenvalue weighted by atomic mass is 10.0. The lowest BCUT2D eigenvalue weighted by Crippen LogP contribution is -2.23. The standard InChI is InChI=1S/C16H21N5O/c1-11(21-9-3-4-10-21)12-5-7-13(8-6-12)14-18-15(20-19-14)16(22)17-2/h5-8,11H,3-4,9-10H2,1-2H3,(H,17,22)(H,18,19,20). The van der Waals surface area contributed by atoms with E-state index in [1.54, 1.807) is 7.05 Å². The first-order chi connectivity index (χ1) is 10.7. The second-order valence-corrected chi connectivity index (χ2v) is 5.63. The summed E-state index contributed by atoms with van der Waals surface area (Å²) in [4.78, 5) is 18.2. The van der Waals surface area contributed by atoms with E-state index in [1.165, 1.54) is 31.5 Å². The predicted octanol–water partition coefficient (Wildman–Crippen LogP) is 1.99. The van der Waals surface area contributed by atoms with Crippen LogP contribution in [0.4, 0.5) is 0 Å². The first-order valence-corrected chi connectivity index (χ1v) is 7.68. The molecule has 3 rings (SSSR count). The van der Waals surface area contributed by atoms with Crippen molar-refractivity contribution in [1.29, 1.82) is 0 Å². The fourth-order valence-electron chi connectivity index (χ4n) is 2.86. The zero-order valence-electron chi connectivity index (χ0n) is 13.0. The van der Waals surface area contributed by atoms with E-state index in [4.69, 9.17) is 0 Å². The van der Waals surface area contributed by atoms with Crippen LogP contribution in [0, 0.1) is 0 Å². The van der Waals surface area contributed by atoms with Crippen LogP contribution in [0.1, 0.15) is 42.0 Å². The van der Waals surface area contributed by atoms with Crippen molar-refractivity contribution < 1.29 is 4.79 Å². The third-order valence-corrected chi connectivity index (χ3v) is 4.27. The lowest BCUT2D eigenvalue weighted by Gasteiger charge is -2.24. The molecule has 1 atom stereocenters. The van der Waals surface area contributed by atoms with Crippen LogP contribution in [-0.2, 0) is 0 Å². The maximum Gasteiger partial charge on any atom is 0.288 e. The van der Waals surface area contributed by atoms with Gasteiger partial charge in [0.15, 0.2) is 5.82 Å². The number of aromatic nitrogens is 3. The number of hydrogen-bond donors (Lipinski definition) is 2. The predicted molar refractivity (Wildman–Crippen MR) is 84.4 cm³/mol. The van der Waals surface area contributed by atoms with Crippen molar-refractivity contribution in [3.8, 4) is 11.4 Å². The molecule has 2 heterocycles. The highest BCUT2D eigenvalue weighted by molar-refractivity contribution is 5.90. The molecule has 0 saturated carbocycles. The molecule has 22 heavy (non-hydrogen) atoms. The Morgan fingerprint density at radius 2 is 1.95 bits per heavy atom. The van der Waals surface area contributed by atoms with Gasteiger partial charge in [-0.2, -0.15) is 5.10 Å². The number of carbonyl (C=O) groups is 1. The van der Waals surface area contributed by atoms with Gasteiger partial charge < -0.3 is 5.32 Å². The Hall–Kier alpha value is -2.21. The third kappa shape index (κ3) is 2.87. The minimum atomic E-state index is -0.266. The molecule has 6 heteroatoms. The molecule has 2 aromatic rings. The van der Waals surface area contributed by atoms with Gasteiger partial charge >= 0.3 is 0 Å². The molecule has 0 radical (unpaired) electrons. The van der Waals surface area contributed by atoms with Crippen LogP contribution in [-0.4, -0.2) is 46.1 Å². The average molecular weight is 299 g/mol. The summed E-state index contributed by atoms with van der Waals surface area (Å²) in [5.74, 6) is 0.504. The first kappa shape index (κ1) is 14.7. The maximum absolute atomic E-state index is 11.5. The van der Waals surface area contributed by atoms with Crippen LogP contribution in [0.5, 0.6) is 0 Å². The van der Waals surface area contributed by atoms with Gasteiger partial charge in [-0.1, -0.05) is 24.3 Å². The van der Waals surface area contributed by atoms with Crippen molar-refractivity contribution in [2.75, 3.05) is 20.1 Å². The Balaban J connectivity index is 1.76. The quantitative estimate of drug-likeness (QED) is 0.905. The zero-order valence-corrected chi connectivity index (χ0v) is 13.0. The molecular formula is C16H21N5O. The Morgan fingerprint density at radius 1 is 1.27 bits per heavy atom. The summed E-state index contributed by atoms with van der Waals surface area (Å²) >= 11 is 0. The normalized spacial score (nSPS) is 16.6. The molecule has 0 spiro atoms. The maximum atomic E-state index is 11.5. The number of nitrogens with zero attached hydrogens (tertiary/aromatic N) is 3. The molecule has 1 unspecified atom stereocenters. The fraction of sp³-hybridized carbons (Fsp3) is 0.438. The van der Waals surface area contributed by atoms with Gasteiger partial charge in [0.25, 0.3) is 5.91 Å². The van der Waals surface area contributed by atoms with E-state index in [9.17, 15) is 4.79 Å². The minimum absolute atomic E-state index is 0.229. The topological polar surface area (TPSA) is 73.9 Å². The van der Waals surface area contributed by atoms with Crippen molar-refractivity contribution in [1.82, 2.24) is 25.4 Å². The summed E-state index contributed by atoms with van der Waals surface area (Å²) in [5, 5.41) is 9.28. The third-order valence-electron chi connectivity index (χ3n) is 4.27. The molecule has 6 nitrogen and oxygen atoms in total. The molecule has 0 bridgehead atoms. The number of rotatable bonds is 4. The summed E-state index contributed by atoms with van der Waals surface area (Å²) in [6.07, 6.45) is 2.59. The van der Waals surface area contributed by atoms with Crippen LogP contribution < -0.4 is 5.32 Å². The molecular weight excluding hydrogens is 278 g/mol. The van der Waals surface area contributed by atoms with Gasteiger partial charge in [0.2, 0.25) is 5.82 Å². The molecule has 2 N–H and O–H groups in total. The van der Waals surface area contributed by atoms with Crippen LogP contribution in [0.3, 0.4) is 0 Å². The zero-order chi connectivity index (χ0) is 15.5. The second-order valence-electron chi connectivity index (χ2n) is 5.63. The van der Waals surface area contributed by atoms with Crippen molar-refractivity contribution in [2.24, 2.45) is 0 Å². The van der Waals surface area contributed by atoms with E-state index in [-0.39, 0.29) is 11.7 Å². The van der Waals surface area contributed by atoms with Crippen molar-refractivity contribution in [2.45, 2.75) is 25.8 Å². The molecule has 1 fully saturated rings. The van der Waals surface area contributed by atoms with Crippen LogP contribution >= 0.6 is 0 Å². The lowest BCUT2D eigenvalue weighted by molar-refractivity contribution is 0.0953. The van der Waals surface area contributed by atoms with Crippen LogP contribution in [0.25, 0.3) is 11.4 Å². The average Bonchev–Trinajstić information content (AvgIpc) is 3.25. The number of aromatic amines is 1. The summed E-state index contributed by atoms with van der Waals surface area (Å²) in [6, 6.07) is 8.70. The van der Waals surface area contributed by atoms with Crippen molar-refractivity contribution >= 4 is 5.91 Å². The molecule has 1 aromatic carbocycles. The van der Waals surface area contributed by atoms with E-state index in [0.29, 0.717) is 11.9 Å².